The van der Waals surface area contributed by atoms with Gasteiger partial charge in [0, 0.05) is 22.3 Å². The van der Waals surface area contributed by atoms with Crippen LogP contribution in [0.15, 0.2) is 146 Å². The fourth-order valence-electron chi connectivity index (χ4n) is 5.11. The highest BCUT2D eigenvalue weighted by Crippen LogP contribution is 2.39. The molecule has 202 valence electrons. The van der Waals surface area contributed by atoms with Crippen molar-refractivity contribution in [1.29, 1.82) is 0 Å². The van der Waals surface area contributed by atoms with Crippen LogP contribution >= 0.6 is 0 Å². The highest BCUT2D eigenvalue weighted by Gasteiger charge is 2.18. The maximum absolute atomic E-state index is 13.5. The summed E-state index contributed by atoms with van der Waals surface area (Å²) in [4.78, 5) is 26.8. The fraction of sp³-hybridized carbons (Fsp3) is 0. The number of carbonyl (C=O) groups excluding carboxylic acids is 2. The van der Waals surface area contributed by atoms with Gasteiger partial charge in [-0.25, -0.2) is 8.78 Å². The molecule has 0 aliphatic rings. The summed E-state index contributed by atoms with van der Waals surface area (Å²) in [5.74, 6) is -1.30. The van der Waals surface area contributed by atoms with E-state index >= 15 is 0 Å². The molecule has 2 nitrogen and oxygen atoms in total. The Morgan fingerprint density at radius 3 is 1.45 bits per heavy atom. The Balaban J connectivity index is 1.52. The number of rotatable bonds is 7. The van der Waals surface area contributed by atoms with Crippen LogP contribution in [-0.2, 0) is 0 Å². The molecule has 6 aromatic rings. The van der Waals surface area contributed by atoms with E-state index in [2.05, 4.69) is 6.07 Å². The standard InChI is InChI=1S/C38H24F2O2/c39-31-18-13-26(14-19-31)37(41)29-10-6-9-28(23-29)36-24-30(38(42)27-15-20-32(40)21-16-27)17-22-35(36)34-12-5-4-11-33(34)25-7-2-1-3-8-25/h1-24H. The third-order valence-corrected chi connectivity index (χ3v) is 7.23. The van der Waals surface area contributed by atoms with Gasteiger partial charge in [0.15, 0.2) is 11.6 Å². The van der Waals surface area contributed by atoms with Crippen LogP contribution < -0.4 is 0 Å². The minimum atomic E-state index is -0.414. The van der Waals surface area contributed by atoms with Gasteiger partial charge in [-0.15, -0.1) is 0 Å². The van der Waals surface area contributed by atoms with Gasteiger partial charge in [-0.2, -0.15) is 0 Å². The second-order valence-corrected chi connectivity index (χ2v) is 9.92. The lowest BCUT2D eigenvalue weighted by Gasteiger charge is -2.17. The molecule has 6 rings (SSSR count). The highest BCUT2D eigenvalue weighted by atomic mass is 19.1. The van der Waals surface area contributed by atoms with E-state index in [1.807, 2.05) is 66.7 Å². The molecule has 0 unspecified atom stereocenters. The van der Waals surface area contributed by atoms with Gasteiger partial charge < -0.3 is 0 Å². The Bertz CT molecular complexity index is 1910. The van der Waals surface area contributed by atoms with Crippen molar-refractivity contribution in [2.75, 3.05) is 0 Å². The molecule has 0 amide bonds. The Morgan fingerprint density at radius 1 is 0.357 bits per heavy atom. The van der Waals surface area contributed by atoms with Gasteiger partial charge >= 0.3 is 0 Å². The Labute approximate surface area is 242 Å². The molecule has 0 bridgehead atoms. The van der Waals surface area contributed by atoms with Gasteiger partial charge in [0.25, 0.3) is 0 Å². The molecule has 0 spiro atoms. The molecule has 0 atom stereocenters. The molecule has 0 saturated heterocycles. The first-order valence-electron chi connectivity index (χ1n) is 13.5. The first-order valence-corrected chi connectivity index (χ1v) is 13.5. The van der Waals surface area contributed by atoms with Crippen molar-refractivity contribution >= 4 is 11.6 Å². The second kappa shape index (κ2) is 11.6. The number of hydrogen-bond donors (Lipinski definition) is 0. The minimum Gasteiger partial charge on any atom is -0.289 e. The van der Waals surface area contributed by atoms with E-state index in [0.29, 0.717) is 22.3 Å². The predicted molar refractivity (Wildman–Crippen MR) is 162 cm³/mol. The Kier molecular flexibility index (Phi) is 7.35. The largest absolute Gasteiger partial charge is 0.289 e. The monoisotopic (exact) mass is 550 g/mol. The molecule has 6 aromatic carbocycles. The van der Waals surface area contributed by atoms with Crippen LogP contribution in [0, 0.1) is 11.6 Å². The lowest BCUT2D eigenvalue weighted by atomic mass is 9.86. The van der Waals surface area contributed by atoms with Gasteiger partial charge in [-0.3, -0.25) is 9.59 Å². The average Bonchev–Trinajstić information content (AvgIpc) is 3.05. The maximum atomic E-state index is 13.5. The van der Waals surface area contributed by atoms with Gasteiger partial charge in [0.2, 0.25) is 0 Å². The van der Waals surface area contributed by atoms with Crippen LogP contribution in [0.2, 0.25) is 0 Å². The maximum Gasteiger partial charge on any atom is 0.193 e. The molecule has 0 aliphatic carbocycles. The van der Waals surface area contributed by atoms with Crippen molar-refractivity contribution in [3.8, 4) is 33.4 Å². The summed E-state index contributed by atoms with van der Waals surface area (Å²) < 4.78 is 27.0. The third-order valence-electron chi connectivity index (χ3n) is 7.23. The van der Waals surface area contributed by atoms with E-state index in [1.165, 1.54) is 48.5 Å². The zero-order valence-electron chi connectivity index (χ0n) is 22.4. The predicted octanol–water partition coefficient (Wildman–Crippen LogP) is 9.43. The molecule has 0 heterocycles. The molecule has 42 heavy (non-hydrogen) atoms. The highest BCUT2D eigenvalue weighted by molar-refractivity contribution is 6.11. The molecule has 0 aliphatic heterocycles. The minimum absolute atomic E-state index is 0.235. The van der Waals surface area contributed by atoms with E-state index in [0.717, 1.165) is 33.4 Å². The molecule has 4 heteroatoms. The van der Waals surface area contributed by atoms with Crippen LogP contribution in [0.25, 0.3) is 33.4 Å². The van der Waals surface area contributed by atoms with E-state index in [1.54, 1.807) is 24.3 Å². The SMILES string of the molecule is O=C(c1ccc(F)cc1)c1cccc(-c2cc(C(=O)c3ccc(F)cc3)ccc2-c2ccccc2-c2ccccc2)c1. The summed E-state index contributed by atoms with van der Waals surface area (Å²) in [5.41, 5.74) is 7.06. The molecule has 0 saturated carbocycles. The van der Waals surface area contributed by atoms with E-state index < -0.39 is 11.6 Å². The van der Waals surface area contributed by atoms with E-state index in [-0.39, 0.29) is 11.6 Å². The third kappa shape index (κ3) is 5.43. The van der Waals surface area contributed by atoms with E-state index in [4.69, 9.17) is 0 Å². The molecule has 0 fully saturated rings. The zero-order valence-corrected chi connectivity index (χ0v) is 22.4. The molecule has 0 radical (unpaired) electrons. The smallest absolute Gasteiger partial charge is 0.193 e. The number of benzene rings is 6. The molecular formula is C38H24F2O2. The zero-order chi connectivity index (χ0) is 29.1. The van der Waals surface area contributed by atoms with Crippen molar-refractivity contribution < 1.29 is 18.4 Å². The number of ketones is 2. The van der Waals surface area contributed by atoms with Gasteiger partial charge in [-0.1, -0.05) is 84.9 Å². The molecule has 0 N–H and O–H groups in total. The molecule has 0 aromatic heterocycles. The first-order chi connectivity index (χ1) is 20.5. The van der Waals surface area contributed by atoms with Crippen molar-refractivity contribution in [1.82, 2.24) is 0 Å². The van der Waals surface area contributed by atoms with Gasteiger partial charge in [0.1, 0.15) is 11.6 Å². The quantitative estimate of drug-likeness (QED) is 0.186. The average molecular weight is 551 g/mol. The summed E-state index contributed by atoms with van der Waals surface area (Å²) in [6.45, 7) is 0. The summed E-state index contributed by atoms with van der Waals surface area (Å²) >= 11 is 0. The molecular weight excluding hydrogens is 526 g/mol. The van der Waals surface area contributed by atoms with Crippen LogP contribution in [-0.4, -0.2) is 11.6 Å². The van der Waals surface area contributed by atoms with Crippen molar-refractivity contribution in [3.05, 3.63) is 179 Å². The van der Waals surface area contributed by atoms with Gasteiger partial charge in [0.05, 0.1) is 0 Å². The van der Waals surface area contributed by atoms with E-state index in [9.17, 15) is 18.4 Å². The lowest BCUT2D eigenvalue weighted by Crippen LogP contribution is -2.03. The Hall–Kier alpha value is -5.48. The normalized spacial score (nSPS) is 10.8. The fourth-order valence-corrected chi connectivity index (χ4v) is 5.11. The number of halogens is 2. The van der Waals surface area contributed by atoms with Crippen LogP contribution in [0.1, 0.15) is 31.8 Å². The van der Waals surface area contributed by atoms with Crippen molar-refractivity contribution in [2.45, 2.75) is 0 Å². The summed E-state index contributed by atoms with van der Waals surface area (Å²) in [6, 6.07) is 41.8. The van der Waals surface area contributed by atoms with Crippen molar-refractivity contribution in [3.63, 3.8) is 0 Å². The lowest BCUT2D eigenvalue weighted by molar-refractivity contribution is 0.103. The van der Waals surface area contributed by atoms with Crippen LogP contribution in [0.4, 0.5) is 8.78 Å². The van der Waals surface area contributed by atoms with Crippen LogP contribution in [0.5, 0.6) is 0 Å². The number of hydrogen-bond acceptors (Lipinski definition) is 2. The second-order valence-electron chi connectivity index (χ2n) is 9.92. The topological polar surface area (TPSA) is 34.1 Å². The number of carbonyl (C=O) groups is 2. The van der Waals surface area contributed by atoms with Gasteiger partial charge in [-0.05, 0) is 94.0 Å². The first kappa shape index (κ1) is 26.7. The van der Waals surface area contributed by atoms with Crippen molar-refractivity contribution in [2.24, 2.45) is 0 Å². The Morgan fingerprint density at radius 2 is 0.833 bits per heavy atom. The summed E-state index contributed by atoms with van der Waals surface area (Å²) in [5, 5.41) is 0. The van der Waals surface area contributed by atoms with Crippen LogP contribution in [0.3, 0.4) is 0 Å². The summed E-state index contributed by atoms with van der Waals surface area (Å²) in [6.07, 6.45) is 0. The summed E-state index contributed by atoms with van der Waals surface area (Å²) in [7, 11) is 0.